The second-order valence-electron chi connectivity index (χ2n) is 2.92. The number of halogens is 2. The van der Waals surface area contributed by atoms with Crippen LogP contribution in [0.2, 0.25) is 0 Å². The fourth-order valence-corrected chi connectivity index (χ4v) is 2.09. The van der Waals surface area contributed by atoms with Gasteiger partial charge in [0, 0.05) is 10.0 Å². The molecule has 1 atom stereocenters. The van der Waals surface area contributed by atoms with Crippen LogP contribution in [0.4, 0.5) is 4.39 Å². The molecule has 0 radical (unpaired) electrons. The summed E-state index contributed by atoms with van der Waals surface area (Å²) in [4.78, 5) is 0. The molecule has 2 rings (SSSR count). The van der Waals surface area contributed by atoms with Crippen molar-refractivity contribution in [3.05, 3.63) is 28.0 Å². The summed E-state index contributed by atoms with van der Waals surface area (Å²) in [6.07, 6.45) is 0. The lowest BCUT2D eigenvalue weighted by Gasteiger charge is -2.07. The first-order valence-corrected chi connectivity index (χ1v) is 4.81. The van der Waals surface area contributed by atoms with Crippen LogP contribution in [0.3, 0.4) is 0 Å². The SMILES string of the molecule is CNC1COc2c(F)ccc(Br)c21. The van der Waals surface area contributed by atoms with E-state index in [0.717, 1.165) is 10.0 Å². The van der Waals surface area contributed by atoms with Crippen LogP contribution in [0.1, 0.15) is 11.6 Å². The first-order chi connectivity index (χ1) is 6.24. The van der Waals surface area contributed by atoms with E-state index < -0.39 is 0 Å². The van der Waals surface area contributed by atoms with Gasteiger partial charge in [-0.15, -0.1) is 0 Å². The quantitative estimate of drug-likeness (QED) is 0.820. The van der Waals surface area contributed by atoms with Gasteiger partial charge < -0.3 is 10.1 Å². The van der Waals surface area contributed by atoms with Crippen LogP contribution in [0.15, 0.2) is 16.6 Å². The fourth-order valence-electron chi connectivity index (χ4n) is 1.50. The van der Waals surface area contributed by atoms with Gasteiger partial charge in [0.05, 0.1) is 6.04 Å². The van der Waals surface area contributed by atoms with Gasteiger partial charge in [-0.3, -0.25) is 0 Å². The zero-order valence-electron chi connectivity index (χ0n) is 7.10. The molecule has 0 spiro atoms. The van der Waals surface area contributed by atoms with Crippen molar-refractivity contribution in [2.24, 2.45) is 0 Å². The van der Waals surface area contributed by atoms with Crippen molar-refractivity contribution >= 4 is 15.9 Å². The molecule has 2 nitrogen and oxygen atoms in total. The van der Waals surface area contributed by atoms with E-state index in [4.69, 9.17) is 4.74 Å². The number of fused-ring (bicyclic) bond motifs is 1. The topological polar surface area (TPSA) is 21.3 Å². The highest BCUT2D eigenvalue weighted by molar-refractivity contribution is 9.10. The molecule has 70 valence electrons. The number of hydrogen-bond donors (Lipinski definition) is 1. The Labute approximate surface area is 84.2 Å². The highest BCUT2D eigenvalue weighted by Gasteiger charge is 2.27. The van der Waals surface area contributed by atoms with Crippen molar-refractivity contribution in [3.8, 4) is 5.75 Å². The van der Waals surface area contributed by atoms with Crippen LogP contribution in [-0.2, 0) is 0 Å². The third-order valence-corrected chi connectivity index (χ3v) is 2.88. The highest BCUT2D eigenvalue weighted by atomic mass is 79.9. The van der Waals surface area contributed by atoms with E-state index in [-0.39, 0.29) is 11.9 Å². The normalized spacial score (nSPS) is 19.8. The van der Waals surface area contributed by atoms with Gasteiger partial charge in [0.1, 0.15) is 6.61 Å². The molecule has 0 fully saturated rings. The molecule has 0 amide bonds. The van der Waals surface area contributed by atoms with Crippen molar-refractivity contribution in [2.75, 3.05) is 13.7 Å². The third kappa shape index (κ3) is 1.34. The fraction of sp³-hybridized carbons (Fsp3) is 0.333. The Hall–Kier alpha value is -0.610. The number of nitrogens with one attached hydrogen (secondary N) is 1. The minimum atomic E-state index is -0.295. The molecule has 1 aromatic rings. The zero-order valence-corrected chi connectivity index (χ0v) is 8.69. The van der Waals surface area contributed by atoms with Gasteiger partial charge in [0.2, 0.25) is 0 Å². The largest absolute Gasteiger partial charge is 0.488 e. The van der Waals surface area contributed by atoms with E-state index in [1.54, 1.807) is 6.07 Å². The molecule has 13 heavy (non-hydrogen) atoms. The summed E-state index contributed by atoms with van der Waals surface area (Å²) >= 11 is 3.38. The van der Waals surface area contributed by atoms with Crippen LogP contribution < -0.4 is 10.1 Å². The summed E-state index contributed by atoms with van der Waals surface area (Å²) < 4.78 is 19.3. The van der Waals surface area contributed by atoms with Gasteiger partial charge in [0.25, 0.3) is 0 Å². The maximum Gasteiger partial charge on any atom is 0.165 e. The van der Waals surface area contributed by atoms with Crippen molar-refractivity contribution < 1.29 is 9.13 Å². The van der Waals surface area contributed by atoms with Gasteiger partial charge in [-0.05, 0) is 19.2 Å². The van der Waals surface area contributed by atoms with Crippen molar-refractivity contribution in [3.63, 3.8) is 0 Å². The predicted octanol–water partition coefficient (Wildman–Crippen LogP) is 2.24. The van der Waals surface area contributed by atoms with E-state index in [0.29, 0.717) is 12.4 Å². The molecule has 1 unspecified atom stereocenters. The van der Waals surface area contributed by atoms with E-state index in [9.17, 15) is 4.39 Å². The Morgan fingerprint density at radius 3 is 3.08 bits per heavy atom. The summed E-state index contributed by atoms with van der Waals surface area (Å²) in [6.45, 7) is 0.491. The van der Waals surface area contributed by atoms with Crippen molar-refractivity contribution in [1.29, 1.82) is 0 Å². The number of rotatable bonds is 1. The predicted molar refractivity (Wildman–Crippen MR) is 51.4 cm³/mol. The lowest BCUT2D eigenvalue weighted by Crippen LogP contribution is -2.17. The first kappa shape index (κ1) is 8.97. The van der Waals surface area contributed by atoms with Crippen LogP contribution in [-0.4, -0.2) is 13.7 Å². The minimum Gasteiger partial charge on any atom is -0.488 e. The maximum absolute atomic E-state index is 13.2. The summed E-state index contributed by atoms with van der Waals surface area (Å²) in [5.41, 5.74) is 0.877. The summed E-state index contributed by atoms with van der Waals surface area (Å²) in [5.74, 6) is 0.0738. The molecule has 1 aromatic carbocycles. The van der Waals surface area contributed by atoms with E-state index >= 15 is 0 Å². The second kappa shape index (κ2) is 3.27. The number of hydrogen-bond acceptors (Lipinski definition) is 2. The maximum atomic E-state index is 13.2. The second-order valence-corrected chi connectivity index (χ2v) is 3.78. The smallest absolute Gasteiger partial charge is 0.165 e. The van der Waals surface area contributed by atoms with Gasteiger partial charge in [0.15, 0.2) is 11.6 Å². The van der Waals surface area contributed by atoms with Crippen LogP contribution in [0.5, 0.6) is 5.75 Å². The molecule has 0 saturated carbocycles. The van der Waals surface area contributed by atoms with Gasteiger partial charge in [-0.2, -0.15) is 0 Å². The number of ether oxygens (including phenoxy) is 1. The third-order valence-electron chi connectivity index (χ3n) is 2.19. The molecular weight excluding hydrogens is 237 g/mol. The standard InChI is InChI=1S/C9H9BrFNO/c1-12-7-4-13-9-6(11)3-2-5(10)8(7)9/h2-3,7,12H,4H2,1H3. The Morgan fingerprint density at radius 1 is 1.62 bits per heavy atom. The van der Waals surface area contributed by atoms with E-state index in [2.05, 4.69) is 21.2 Å². The monoisotopic (exact) mass is 245 g/mol. The van der Waals surface area contributed by atoms with Gasteiger partial charge >= 0.3 is 0 Å². The molecule has 1 aliphatic rings. The van der Waals surface area contributed by atoms with Gasteiger partial charge in [-0.25, -0.2) is 4.39 Å². The zero-order chi connectivity index (χ0) is 9.42. The summed E-state index contributed by atoms with van der Waals surface area (Å²) in [7, 11) is 1.83. The van der Waals surface area contributed by atoms with E-state index in [1.165, 1.54) is 6.07 Å². The van der Waals surface area contributed by atoms with Crippen molar-refractivity contribution in [2.45, 2.75) is 6.04 Å². The van der Waals surface area contributed by atoms with Gasteiger partial charge in [-0.1, -0.05) is 15.9 Å². The average molecular weight is 246 g/mol. The molecule has 0 aliphatic carbocycles. The molecule has 0 saturated heterocycles. The molecule has 1 heterocycles. The summed E-state index contributed by atoms with van der Waals surface area (Å²) in [6, 6.07) is 3.19. The lowest BCUT2D eigenvalue weighted by atomic mass is 10.1. The molecule has 1 N–H and O–H groups in total. The average Bonchev–Trinajstić information content (AvgIpc) is 2.56. The Morgan fingerprint density at radius 2 is 2.38 bits per heavy atom. The Kier molecular flexibility index (Phi) is 2.26. The highest BCUT2D eigenvalue weighted by Crippen LogP contribution is 2.39. The molecular formula is C9H9BrFNO. The number of likely N-dealkylation sites (N-methyl/N-ethyl adjacent to an activating group) is 1. The Bertz CT molecular complexity index is 343. The number of benzene rings is 1. The van der Waals surface area contributed by atoms with Crippen LogP contribution >= 0.6 is 15.9 Å². The van der Waals surface area contributed by atoms with Crippen LogP contribution in [0.25, 0.3) is 0 Å². The lowest BCUT2D eigenvalue weighted by molar-refractivity contribution is 0.306. The van der Waals surface area contributed by atoms with Crippen LogP contribution in [0, 0.1) is 5.82 Å². The molecule has 0 aromatic heterocycles. The minimum absolute atomic E-state index is 0.0834. The van der Waals surface area contributed by atoms with Crippen molar-refractivity contribution in [1.82, 2.24) is 5.32 Å². The molecule has 0 bridgehead atoms. The van der Waals surface area contributed by atoms with E-state index in [1.807, 2.05) is 7.05 Å². The first-order valence-electron chi connectivity index (χ1n) is 4.02. The molecule has 4 heteroatoms. The Balaban J connectivity index is 2.55. The summed E-state index contributed by atoms with van der Waals surface area (Å²) in [5, 5.41) is 3.07. The molecule has 1 aliphatic heterocycles.